The average Bonchev–Trinajstić information content (AvgIpc) is 2.92. The van der Waals surface area contributed by atoms with Crippen LogP contribution in [-0.4, -0.2) is 43.5 Å². The maximum Gasteiger partial charge on any atom is 0.155 e. The van der Waals surface area contributed by atoms with Gasteiger partial charge in [-0.1, -0.05) is 0 Å². The first-order chi connectivity index (χ1) is 10.2. The summed E-state index contributed by atoms with van der Waals surface area (Å²) >= 11 is 3.63. The molecule has 0 saturated carbocycles. The summed E-state index contributed by atoms with van der Waals surface area (Å²) in [7, 11) is 0. The van der Waals surface area contributed by atoms with E-state index < -0.39 is 0 Å². The van der Waals surface area contributed by atoms with Gasteiger partial charge in [0.15, 0.2) is 6.29 Å². The summed E-state index contributed by atoms with van der Waals surface area (Å²) in [6.07, 6.45) is 0.984. The summed E-state index contributed by atoms with van der Waals surface area (Å²) in [4.78, 5) is 0. The van der Waals surface area contributed by atoms with Gasteiger partial charge in [-0.15, -0.1) is 11.3 Å². The van der Waals surface area contributed by atoms with Crippen molar-refractivity contribution in [3.63, 3.8) is 0 Å². The molecular formula is C15H25NO3S2. The van der Waals surface area contributed by atoms with Gasteiger partial charge in [0, 0.05) is 38.5 Å². The summed E-state index contributed by atoms with van der Waals surface area (Å²) in [5, 5.41) is 2.14. The molecule has 1 aliphatic heterocycles. The van der Waals surface area contributed by atoms with E-state index in [2.05, 4.69) is 15.8 Å². The molecule has 120 valence electrons. The maximum atomic E-state index is 6.07. The van der Waals surface area contributed by atoms with Crippen LogP contribution in [0.1, 0.15) is 38.9 Å². The zero-order valence-electron chi connectivity index (χ0n) is 13.0. The first-order valence-corrected chi connectivity index (χ1v) is 9.25. The molecule has 21 heavy (non-hydrogen) atoms. The highest BCUT2D eigenvalue weighted by atomic mass is 32.2. The molecule has 0 amide bonds. The van der Waals surface area contributed by atoms with Gasteiger partial charge in [-0.2, -0.15) is 0 Å². The fourth-order valence-electron chi connectivity index (χ4n) is 2.30. The Hall–Kier alpha value is -0.110. The second-order valence-electron chi connectivity index (χ2n) is 4.84. The van der Waals surface area contributed by atoms with Crippen LogP contribution in [0.2, 0.25) is 0 Å². The number of hydrogen-bond acceptors (Lipinski definition) is 6. The Morgan fingerprint density at radius 2 is 2.24 bits per heavy atom. The van der Waals surface area contributed by atoms with Crippen molar-refractivity contribution in [3.8, 4) is 0 Å². The van der Waals surface area contributed by atoms with Gasteiger partial charge in [0.25, 0.3) is 0 Å². The SMILES string of the molecule is CCOCCCN1CC(OC(C)OCC)c2ccsc2S1. The molecule has 2 unspecified atom stereocenters. The van der Waals surface area contributed by atoms with E-state index in [1.165, 1.54) is 9.77 Å². The third-order valence-electron chi connectivity index (χ3n) is 3.24. The van der Waals surface area contributed by atoms with Crippen molar-refractivity contribution in [2.24, 2.45) is 0 Å². The minimum absolute atomic E-state index is 0.0983. The monoisotopic (exact) mass is 331 g/mol. The highest BCUT2D eigenvalue weighted by Gasteiger charge is 2.29. The number of rotatable bonds is 9. The lowest BCUT2D eigenvalue weighted by Gasteiger charge is -2.32. The van der Waals surface area contributed by atoms with Crippen LogP contribution in [0.15, 0.2) is 15.7 Å². The van der Waals surface area contributed by atoms with Crippen molar-refractivity contribution < 1.29 is 14.2 Å². The molecule has 0 aliphatic carbocycles. The molecule has 2 rings (SSSR count). The van der Waals surface area contributed by atoms with E-state index in [0.29, 0.717) is 6.61 Å². The van der Waals surface area contributed by atoms with Crippen molar-refractivity contribution in [3.05, 3.63) is 17.0 Å². The molecule has 0 bridgehead atoms. The molecule has 1 aromatic heterocycles. The Labute approximate surface area is 135 Å². The van der Waals surface area contributed by atoms with E-state index in [-0.39, 0.29) is 12.4 Å². The van der Waals surface area contributed by atoms with Crippen molar-refractivity contribution in [1.82, 2.24) is 4.31 Å². The third-order valence-corrected chi connectivity index (χ3v) is 5.47. The number of hydrogen-bond donors (Lipinski definition) is 0. The van der Waals surface area contributed by atoms with Gasteiger partial charge in [-0.25, -0.2) is 4.31 Å². The standard InChI is InChI=1S/C15H25NO3S2/c1-4-17-9-6-8-16-11-14(19-12(3)18-5-2)13-7-10-20-15(13)21-16/h7,10,12,14H,4-6,8-9,11H2,1-3H3. The normalized spacial score (nSPS) is 20.4. The maximum absolute atomic E-state index is 6.07. The average molecular weight is 332 g/mol. The van der Waals surface area contributed by atoms with Crippen LogP contribution < -0.4 is 0 Å². The largest absolute Gasteiger partial charge is 0.382 e. The highest BCUT2D eigenvalue weighted by Crippen LogP contribution is 2.42. The van der Waals surface area contributed by atoms with Crippen LogP contribution in [0.4, 0.5) is 0 Å². The molecule has 2 heterocycles. The van der Waals surface area contributed by atoms with Gasteiger partial charge in [0.2, 0.25) is 0 Å². The van der Waals surface area contributed by atoms with E-state index in [4.69, 9.17) is 14.2 Å². The molecule has 2 atom stereocenters. The Balaban J connectivity index is 1.90. The molecule has 0 spiro atoms. The first-order valence-electron chi connectivity index (χ1n) is 7.59. The number of ether oxygens (including phenoxy) is 3. The molecule has 0 saturated heterocycles. The molecule has 1 aromatic rings. The quantitative estimate of drug-likeness (QED) is 0.389. The summed E-state index contributed by atoms with van der Waals surface area (Å²) in [5.74, 6) is 0. The predicted octanol–water partition coefficient (Wildman–Crippen LogP) is 3.94. The van der Waals surface area contributed by atoms with Crippen LogP contribution in [0.5, 0.6) is 0 Å². The van der Waals surface area contributed by atoms with Crippen molar-refractivity contribution in [1.29, 1.82) is 0 Å². The van der Waals surface area contributed by atoms with E-state index >= 15 is 0 Å². The van der Waals surface area contributed by atoms with Crippen LogP contribution in [0.3, 0.4) is 0 Å². The van der Waals surface area contributed by atoms with E-state index in [1.807, 2.05) is 32.7 Å². The van der Waals surface area contributed by atoms with Crippen molar-refractivity contribution in [2.45, 2.75) is 43.8 Å². The summed E-state index contributed by atoms with van der Waals surface area (Å²) in [6, 6.07) is 2.17. The molecule has 6 heteroatoms. The van der Waals surface area contributed by atoms with Gasteiger partial charge >= 0.3 is 0 Å². The lowest BCUT2D eigenvalue weighted by molar-refractivity contribution is -0.162. The Morgan fingerprint density at radius 3 is 3.00 bits per heavy atom. The second kappa shape index (κ2) is 9.12. The highest BCUT2D eigenvalue weighted by molar-refractivity contribution is 7.99. The van der Waals surface area contributed by atoms with Gasteiger partial charge in [-0.3, -0.25) is 0 Å². The molecular weight excluding hydrogens is 306 g/mol. The van der Waals surface area contributed by atoms with Crippen molar-refractivity contribution >= 4 is 23.3 Å². The second-order valence-corrected chi connectivity index (χ2v) is 7.12. The summed E-state index contributed by atoms with van der Waals surface area (Å²) in [5.41, 5.74) is 1.30. The number of thiophene rings is 1. The first kappa shape index (κ1) is 17.2. The predicted molar refractivity (Wildman–Crippen MR) is 87.8 cm³/mol. The van der Waals surface area contributed by atoms with Crippen LogP contribution in [0, 0.1) is 0 Å². The zero-order chi connectivity index (χ0) is 15.1. The minimum Gasteiger partial charge on any atom is -0.382 e. The molecule has 0 aromatic carbocycles. The van der Waals surface area contributed by atoms with Gasteiger partial charge in [0.1, 0.15) is 6.10 Å². The van der Waals surface area contributed by atoms with Crippen LogP contribution in [-0.2, 0) is 14.2 Å². The summed E-state index contributed by atoms with van der Waals surface area (Å²) in [6.45, 7) is 10.2. The minimum atomic E-state index is -0.166. The van der Waals surface area contributed by atoms with E-state index in [9.17, 15) is 0 Å². The summed E-state index contributed by atoms with van der Waals surface area (Å²) < 4.78 is 20.7. The molecule has 1 aliphatic rings. The van der Waals surface area contributed by atoms with Gasteiger partial charge in [-0.05, 0) is 50.6 Å². The van der Waals surface area contributed by atoms with Crippen LogP contribution in [0.25, 0.3) is 0 Å². The smallest absolute Gasteiger partial charge is 0.155 e. The molecule has 4 nitrogen and oxygen atoms in total. The number of fused-ring (bicyclic) bond motifs is 1. The molecule has 0 fully saturated rings. The molecule has 0 radical (unpaired) electrons. The van der Waals surface area contributed by atoms with E-state index in [1.54, 1.807) is 11.3 Å². The van der Waals surface area contributed by atoms with Gasteiger partial charge in [0.05, 0.1) is 4.21 Å². The Bertz CT molecular complexity index is 413. The Kier molecular flexibility index (Phi) is 7.49. The Morgan fingerprint density at radius 1 is 1.38 bits per heavy atom. The zero-order valence-corrected chi connectivity index (χ0v) is 14.7. The topological polar surface area (TPSA) is 30.9 Å². The van der Waals surface area contributed by atoms with Gasteiger partial charge < -0.3 is 14.2 Å². The fourth-order valence-corrected chi connectivity index (χ4v) is 4.60. The van der Waals surface area contributed by atoms with Crippen LogP contribution >= 0.6 is 23.3 Å². The third kappa shape index (κ3) is 5.23. The number of nitrogens with zero attached hydrogens (tertiary/aromatic N) is 1. The van der Waals surface area contributed by atoms with Crippen molar-refractivity contribution in [2.75, 3.05) is 32.9 Å². The lowest BCUT2D eigenvalue weighted by atomic mass is 10.2. The fraction of sp³-hybridized carbons (Fsp3) is 0.733. The lowest BCUT2D eigenvalue weighted by Crippen LogP contribution is -2.31. The van der Waals surface area contributed by atoms with E-state index in [0.717, 1.165) is 32.7 Å². The molecule has 0 N–H and O–H groups in total.